The van der Waals surface area contributed by atoms with Crippen LogP contribution in [0.15, 0.2) is 24.3 Å². The molecule has 0 heterocycles. The van der Waals surface area contributed by atoms with E-state index < -0.39 is 0 Å². The third-order valence-electron chi connectivity index (χ3n) is 4.72. The molecule has 0 saturated heterocycles. The Morgan fingerprint density at radius 2 is 1.78 bits per heavy atom. The van der Waals surface area contributed by atoms with Crippen LogP contribution in [0.4, 0.5) is 0 Å². The lowest BCUT2D eigenvalue weighted by atomic mass is 9.81. The average molecular weight is 265 g/mol. The van der Waals surface area contributed by atoms with Crippen molar-refractivity contribution in [3.05, 3.63) is 35.4 Å². The van der Waals surface area contributed by atoms with Gasteiger partial charge in [0.25, 0.3) is 0 Å². The zero-order chi connectivity index (χ0) is 13.3. The third-order valence-corrected chi connectivity index (χ3v) is 5.37. The molecule has 1 fully saturated rings. The maximum absolute atomic E-state index is 6.59. The summed E-state index contributed by atoms with van der Waals surface area (Å²) in [5, 5.41) is 0.177. The van der Waals surface area contributed by atoms with Crippen molar-refractivity contribution in [3.63, 3.8) is 0 Å². The number of hydrogen-bond donors (Lipinski definition) is 0. The van der Waals surface area contributed by atoms with Gasteiger partial charge in [0.1, 0.15) is 0 Å². The highest BCUT2D eigenvalue weighted by atomic mass is 35.5. The van der Waals surface area contributed by atoms with Gasteiger partial charge < -0.3 is 0 Å². The molecule has 100 valence electrons. The maximum Gasteiger partial charge on any atom is 0.0613 e. The molecule has 2 rings (SSSR count). The van der Waals surface area contributed by atoms with Crippen molar-refractivity contribution in [2.24, 2.45) is 11.8 Å². The molecule has 1 aliphatic carbocycles. The van der Waals surface area contributed by atoms with Crippen LogP contribution in [0.3, 0.4) is 0 Å². The predicted octanol–water partition coefficient (Wildman–Crippen LogP) is 5.70. The van der Waals surface area contributed by atoms with Gasteiger partial charge in [-0.1, -0.05) is 52.0 Å². The number of alkyl halides is 1. The van der Waals surface area contributed by atoms with E-state index in [2.05, 4.69) is 52.0 Å². The molecule has 1 aromatic carbocycles. The molecule has 0 nitrogen and oxygen atoms in total. The van der Waals surface area contributed by atoms with Crippen LogP contribution in [0, 0.1) is 11.8 Å². The van der Waals surface area contributed by atoms with Crippen LogP contribution in [0.1, 0.15) is 63.5 Å². The topological polar surface area (TPSA) is 0 Å². The Balaban J connectivity index is 2.11. The summed E-state index contributed by atoms with van der Waals surface area (Å²) in [4.78, 5) is 0. The second-order valence-corrected chi connectivity index (χ2v) is 6.93. The lowest BCUT2D eigenvalue weighted by Crippen LogP contribution is -2.15. The summed E-state index contributed by atoms with van der Waals surface area (Å²) in [6.07, 6.45) is 3.89. The lowest BCUT2D eigenvalue weighted by Gasteiger charge is -2.24. The Labute approximate surface area is 117 Å². The zero-order valence-electron chi connectivity index (χ0n) is 12.0. The standard InChI is InChI=1S/C17H25Cl/c1-5-17(3,4)15-10-8-14(9-11-15)16(18)12(2)13-6-7-13/h8-13,16H,5-7H2,1-4H3. The van der Waals surface area contributed by atoms with E-state index in [-0.39, 0.29) is 10.8 Å². The van der Waals surface area contributed by atoms with Crippen molar-refractivity contribution in [1.82, 2.24) is 0 Å². The van der Waals surface area contributed by atoms with Crippen LogP contribution in [0.5, 0.6) is 0 Å². The molecule has 0 bridgehead atoms. The molecule has 1 aromatic rings. The van der Waals surface area contributed by atoms with Crippen LogP contribution in [-0.2, 0) is 5.41 Å². The highest BCUT2D eigenvalue weighted by molar-refractivity contribution is 6.21. The van der Waals surface area contributed by atoms with Crippen LogP contribution < -0.4 is 0 Å². The van der Waals surface area contributed by atoms with Crippen LogP contribution in [-0.4, -0.2) is 0 Å². The van der Waals surface area contributed by atoms with Gasteiger partial charge in [-0.05, 0) is 47.6 Å². The molecule has 18 heavy (non-hydrogen) atoms. The zero-order valence-corrected chi connectivity index (χ0v) is 12.8. The Morgan fingerprint density at radius 3 is 2.22 bits per heavy atom. The molecule has 1 aliphatic rings. The van der Waals surface area contributed by atoms with E-state index in [4.69, 9.17) is 11.6 Å². The van der Waals surface area contributed by atoms with E-state index in [1.165, 1.54) is 24.0 Å². The number of rotatable bonds is 5. The summed E-state index contributed by atoms with van der Waals surface area (Å²) < 4.78 is 0. The van der Waals surface area contributed by atoms with Crippen molar-refractivity contribution in [3.8, 4) is 0 Å². The summed E-state index contributed by atoms with van der Waals surface area (Å²) in [5.41, 5.74) is 2.96. The molecule has 0 amide bonds. The first-order valence-electron chi connectivity index (χ1n) is 7.20. The van der Waals surface area contributed by atoms with Gasteiger partial charge in [-0.3, -0.25) is 0 Å². The van der Waals surface area contributed by atoms with E-state index in [9.17, 15) is 0 Å². The monoisotopic (exact) mass is 264 g/mol. The fourth-order valence-corrected chi connectivity index (χ4v) is 2.84. The number of hydrogen-bond acceptors (Lipinski definition) is 0. The molecular weight excluding hydrogens is 240 g/mol. The summed E-state index contributed by atoms with van der Waals surface area (Å²) in [5.74, 6) is 1.47. The minimum atomic E-state index is 0.177. The number of benzene rings is 1. The second kappa shape index (κ2) is 5.25. The van der Waals surface area contributed by atoms with Gasteiger partial charge >= 0.3 is 0 Å². The summed E-state index contributed by atoms with van der Waals surface area (Å²) in [6, 6.07) is 8.97. The quantitative estimate of drug-likeness (QED) is 0.599. The normalized spacial score (nSPS) is 19.6. The predicted molar refractivity (Wildman–Crippen MR) is 80.2 cm³/mol. The van der Waals surface area contributed by atoms with Gasteiger partial charge in [0, 0.05) is 0 Å². The molecule has 0 radical (unpaired) electrons. The molecule has 0 spiro atoms. The van der Waals surface area contributed by atoms with Crippen LogP contribution in [0.2, 0.25) is 0 Å². The largest absolute Gasteiger partial charge is 0.118 e. The molecule has 2 atom stereocenters. The first-order chi connectivity index (χ1) is 8.45. The molecule has 1 heteroatoms. The Kier molecular flexibility index (Phi) is 4.06. The first kappa shape index (κ1) is 13.9. The average Bonchev–Trinajstić information content (AvgIpc) is 3.21. The molecule has 0 N–H and O–H groups in total. The van der Waals surface area contributed by atoms with Crippen molar-refractivity contribution in [2.45, 2.75) is 57.7 Å². The van der Waals surface area contributed by atoms with Crippen LogP contribution >= 0.6 is 11.6 Å². The van der Waals surface area contributed by atoms with Crippen molar-refractivity contribution < 1.29 is 0 Å². The van der Waals surface area contributed by atoms with Gasteiger partial charge in [-0.25, -0.2) is 0 Å². The third kappa shape index (κ3) is 2.91. The summed E-state index contributed by atoms with van der Waals surface area (Å²) >= 11 is 6.59. The van der Waals surface area contributed by atoms with E-state index in [1.54, 1.807) is 0 Å². The first-order valence-corrected chi connectivity index (χ1v) is 7.64. The van der Waals surface area contributed by atoms with Gasteiger partial charge in [-0.15, -0.1) is 11.6 Å². The van der Waals surface area contributed by atoms with E-state index in [0.29, 0.717) is 5.92 Å². The summed E-state index contributed by atoms with van der Waals surface area (Å²) in [7, 11) is 0. The van der Waals surface area contributed by atoms with Gasteiger partial charge in [0.05, 0.1) is 5.38 Å². The van der Waals surface area contributed by atoms with Gasteiger partial charge in [0.2, 0.25) is 0 Å². The Hall–Kier alpha value is -0.490. The lowest BCUT2D eigenvalue weighted by molar-refractivity contribution is 0.489. The maximum atomic E-state index is 6.59. The van der Waals surface area contributed by atoms with E-state index in [0.717, 1.165) is 12.3 Å². The smallest absolute Gasteiger partial charge is 0.0613 e. The van der Waals surface area contributed by atoms with Crippen LogP contribution in [0.25, 0.3) is 0 Å². The summed E-state index contributed by atoms with van der Waals surface area (Å²) in [6.45, 7) is 9.13. The van der Waals surface area contributed by atoms with E-state index >= 15 is 0 Å². The fraction of sp³-hybridized carbons (Fsp3) is 0.647. The Bertz CT molecular complexity index is 387. The molecule has 0 aliphatic heterocycles. The fourth-order valence-electron chi connectivity index (χ4n) is 2.49. The Morgan fingerprint density at radius 1 is 1.22 bits per heavy atom. The SMILES string of the molecule is CCC(C)(C)c1ccc(C(Cl)C(C)C2CC2)cc1. The number of halogens is 1. The van der Waals surface area contributed by atoms with Gasteiger partial charge in [0.15, 0.2) is 0 Å². The van der Waals surface area contributed by atoms with Crippen molar-refractivity contribution in [2.75, 3.05) is 0 Å². The molecule has 1 saturated carbocycles. The molecule has 0 aromatic heterocycles. The van der Waals surface area contributed by atoms with Gasteiger partial charge in [-0.2, -0.15) is 0 Å². The molecular formula is C17H25Cl. The van der Waals surface area contributed by atoms with Crippen molar-refractivity contribution in [1.29, 1.82) is 0 Å². The highest BCUT2D eigenvalue weighted by Crippen LogP contribution is 2.45. The second-order valence-electron chi connectivity index (χ2n) is 6.46. The minimum absolute atomic E-state index is 0.177. The minimum Gasteiger partial charge on any atom is -0.118 e. The molecule has 2 unspecified atom stereocenters. The van der Waals surface area contributed by atoms with Crippen molar-refractivity contribution >= 4 is 11.6 Å². The van der Waals surface area contributed by atoms with E-state index in [1.807, 2.05) is 0 Å². The highest BCUT2D eigenvalue weighted by Gasteiger charge is 2.33.